The van der Waals surface area contributed by atoms with Crippen molar-refractivity contribution in [2.45, 2.75) is 16.7 Å². The van der Waals surface area contributed by atoms with Crippen molar-refractivity contribution < 1.29 is 33.3 Å². The fourth-order valence-electron chi connectivity index (χ4n) is 1.96. The Morgan fingerprint density at radius 2 is 1.74 bits per heavy atom. The molecule has 0 radical (unpaired) electrons. The van der Waals surface area contributed by atoms with Crippen molar-refractivity contribution >= 4 is 15.8 Å². The van der Waals surface area contributed by atoms with Gasteiger partial charge < -0.3 is 20.1 Å². The Bertz CT molecular complexity index is 828. The van der Waals surface area contributed by atoms with Gasteiger partial charge in [0.15, 0.2) is 5.75 Å². The first-order valence-corrected chi connectivity index (χ1v) is 8.03. The second kappa shape index (κ2) is 6.17. The van der Waals surface area contributed by atoms with E-state index in [2.05, 4.69) is 0 Å². The molecule has 0 amide bonds. The van der Waals surface area contributed by atoms with Crippen LogP contribution in [0.2, 0.25) is 0 Å². The maximum Gasteiger partial charge on any atom is 0.339 e. The largest absolute Gasteiger partial charge is 0.507 e. The van der Waals surface area contributed by atoms with Gasteiger partial charge in [-0.25, -0.2) is 13.2 Å². The van der Waals surface area contributed by atoms with Gasteiger partial charge in [0.2, 0.25) is 9.84 Å². The van der Waals surface area contributed by atoms with Crippen molar-refractivity contribution in [2.24, 2.45) is 0 Å². The van der Waals surface area contributed by atoms with Crippen LogP contribution in [0.25, 0.3) is 0 Å². The average Bonchev–Trinajstić information content (AvgIpc) is 2.48. The van der Waals surface area contributed by atoms with Crippen molar-refractivity contribution in [3.63, 3.8) is 0 Å². The van der Waals surface area contributed by atoms with Crippen LogP contribution >= 0.6 is 0 Å². The molecule has 23 heavy (non-hydrogen) atoms. The van der Waals surface area contributed by atoms with Crippen LogP contribution < -0.4 is 4.74 Å². The number of phenols is 2. The van der Waals surface area contributed by atoms with Crippen LogP contribution in [0.5, 0.6) is 17.2 Å². The summed E-state index contributed by atoms with van der Waals surface area (Å²) < 4.78 is 26.9. The Hall–Kier alpha value is -2.74. The quantitative estimate of drug-likeness (QED) is 0.668. The Morgan fingerprint density at radius 3 is 2.09 bits per heavy atom. The number of aromatic carboxylic acids is 1. The summed E-state index contributed by atoms with van der Waals surface area (Å²) in [5.41, 5.74) is -0.122. The van der Waals surface area contributed by atoms with Gasteiger partial charge in [-0.05, 0) is 31.2 Å². The maximum absolute atomic E-state index is 10.9. The number of fused-ring (bicyclic) bond motifs is 2. The summed E-state index contributed by atoms with van der Waals surface area (Å²) >= 11 is 0. The molecule has 3 N–H and O–H groups in total. The highest BCUT2D eigenvalue weighted by Crippen LogP contribution is 2.43. The van der Waals surface area contributed by atoms with E-state index in [1.165, 1.54) is 30.3 Å². The van der Waals surface area contributed by atoms with Gasteiger partial charge in [0.05, 0.1) is 6.61 Å². The van der Waals surface area contributed by atoms with Gasteiger partial charge >= 0.3 is 5.97 Å². The zero-order valence-electron chi connectivity index (χ0n) is 12.1. The third-order valence-corrected chi connectivity index (χ3v) is 4.87. The number of rotatable bonds is 3. The van der Waals surface area contributed by atoms with Crippen LogP contribution in [0, 0.1) is 0 Å². The topological polar surface area (TPSA) is 121 Å². The van der Waals surface area contributed by atoms with Crippen LogP contribution in [0.3, 0.4) is 0 Å². The molecule has 0 aliphatic carbocycles. The molecule has 2 aliphatic rings. The summed E-state index contributed by atoms with van der Waals surface area (Å²) in [7, 11) is -3.21. The molecule has 2 heterocycles. The molecule has 8 heteroatoms. The van der Waals surface area contributed by atoms with Gasteiger partial charge in [-0.2, -0.15) is 0 Å². The summed E-state index contributed by atoms with van der Waals surface area (Å²) in [5, 5.41) is 26.8. The standard InChI is InChI=1S/C9H10O4.C6H4O3S/c1-2-13-6-3-4-7(9(11)12)8(10)5-6;7-6-4-2-1-3-5(6)10(4,8)9/h3-5,10H,2H2,1H3,(H,11,12);1-3,7H. The Morgan fingerprint density at radius 1 is 1.13 bits per heavy atom. The minimum atomic E-state index is -3.21. The molecular weight excluding hydrogens is 324 g/mol. The number of benzene rings is 2. The lowest BCUT2D eigenvalue weighted by Gasteiger charge is -2.17. The minimum absolute atomic E-state index is 0.0463. The Kier molecular flexibility index (Phi) is 4.46. The SMILES string of the molecule is CCOc1ccc(C(=O)O)c(O)c1.O=S1(=O)c2cccc1c2O. The number of hydrogen-bond donors (Lipinski definition) is 3. The molecule has 0 spiro atoms. The van der Waals surface area contributed by atoms with Crippen LogP contribution in [0.1, 0.15) is 17.3 Å². The van der Waals surface area contributed by atoms with Crippen molar-refractivity contribution in [3.8, 4) is 17.2 Å². The van der Waals surface area contributed by atoms with E-state index in [9.17, 15) is 18.3 Å². The number of hydrogen-bond acceptors (Lipinski definition) is 6. The van der Waals surface area contributed by atoms with E-state index in [4.69, 9.17) is 14.9 Å². The van der Waals surface area contributed by atoms with Gasteiger partial charge in [-0.1, -0.05) is 6.07 Å². The average molecular weight is 338 g/mol. The minimum Gasteiger partial charge on any atom is -0.507 e. The number of aromatic hydroxyl groups is 2. The first-order valence-electron chi connectivity index (χ1n) is 6.55. The molecule has 0 aromatic heterocycles. The molecule has 0 unspecified atom stereocenters. The van der Waals surface area contributed by atoms with E-state index >= 15 is 0 Å². The van der Waals surface area contributed by atoms with Crippen LogP contribution in [0.15, 0.2) is 46.2 Å². The second-order valence-corrected chi connectivity index (χ2v) is 6.41. The normalized spacial score (nSPS) is 13.3. The summed E-state index contributed by atoms with van der Waals surface area (Å²) in [6, 6.07) is 8.48. The highest BCUT2D eigenvalue weighted by molar-refractivity contribution is 7.93. The van der Waals surface area contributed by atoms with Gasteiger partial charge in [-0.3, -0.25) is 0 Å². The molecule has 7 nitrogen and oxygen atoms in total. The Labute approximate surface area is 132 Å². The van der Waals surface area contributed by atoms with Gasteiger partial charge in [0.1, 0.15) is 26.9 Å². The summed E-state index contributed by atoms with van der Waals surface area (Å²) in [6.07, 6.45) is 0. The van der Waals surface area contributed by atoms with Crippen molar-refractivity contribution in [1.82, 2.24) is 0 Å². The predicted molar refractivity (Wildman–Crippen MR) is 79.8 cm³/mol. The number of phenolic OH excluding ortho intramolecular Hbond substituents is 1. The number of carbonyl (C=O) groups is 1. The zero-order valence-corrected chi connectivity index (χ0v) is 12.9. The van der Waals surface area contributed by atoms with Crippen molar-refractivity contribution in [1.29, 1.82) is 0 Å². The molecule has 0 fully saturated rings. The Balaban J connectivity index is 0.000000172. The van der Waals surface area contributed by atoms with E-state index in [1.807, 2.05) is 6.92 Å². The summed E-state index contributed by atoms with van der Waals surface area (Å²) in [4.78, 5) is 10.6. The fraction of sp³-hybridized carbons (Fsp3) is 0.133. The monoisotopic (exact) mass is 338 g/mol. The molecule has 0 saturated heterocycles. The van der Waals surface area contributed by atoms with Crippen molar-refractivity contribution in [2.75, 3.05) is 6.61 Å². The molecule has 0 atom stereocenters. The smallest absolute Gasteiger partial charge is 0.339 e. The summed E-state index contributed by atoms with van der Waals surface area (Å²) in [5.74, 6) is -1.06. The lowest BCUT2D eigenvalue weighted by atomic mass is 10.2. The molecule has 4 rings (SSSR count). The number of carboxylic acid groups (broad SMARTS) is 1. The molecule has 2 aromatic carbocycles. The van der Waals surface area contributed by atoms with E-state index in [1.54, 1.807) is 6.07 Å². The summed E-state index contributed by atoms with van der Waals surface area (Å²) in [6.45, 7) is 2.29. The number of ether oxygens (including phenoxy) is 1. The highest BCUT2D eigenvalue weighted by atomic mass is 32.2. The number of para-hydroxylation sites is 1. The zero-order chi connectivity index (χ0) is 17.2. The molecule has 2 aliphatic heterocycles. The molecule has 2 aromatic rings. The van der Waals surface area contributed by atoms with Crippen LogP contribution in [0.4, 0.5) is 0 Å². The van der Waals surface area contributed by atoms with Crippen LogP contribution in [-0.4, -0.2) is 36.3 Å². The molecule has 2 bridgehead atoms. The first kappa shape index (κ1) is 16.6. The third kappa shape index (κ3) is 3.07. The lowest BCUT2D eigenvalue weighted by Crippen LogP contribution is -2.12. The maximum atomic E-state index is 10.9. The molecule has 0 saturated carbocycles. The van der Waals surface area contributed by atoms with E-state index < -0.39 is 15.8 Å². The predicted octanol–water partition coefficient (Wildman–Crippen LogP) is 2.03. The van der Waals surface area contributed by atoms with Gasteiger partial charge in [0.25, 0.3) is 0 Å². The van der Waals surface area contributed by atoms with Gasteiger partial charge in [0, 0.05) is 6.07 Å². The first-order chi connectivity index (χ1) is 10.8. The second-order valence-electron chi connectivity index (χ2n) is 4.52. The fourth-order valence-corrected chi connectivity index (χ4v) is 3.29. The van der Waals surface area contributed by atoms with E-state index in [0.717, 1.165) is 0 Å². The lowest BCUT2D eigenvalue weighted by molar-refractivity contribution is 0.0693. The van der Waals surface area contributed by atoms with Gasteiger partial charge in [-0.15, -0.1) is 0 Å². The molecular formula is C15H14O7S. The van der Waals surface area contributed by atoms with E-state index in [0.29, 0.717) is 12.4 Å². The molecule has 122 valence electrons. The third-order valence-electron chi connectivity index (χ3n) is 3.05. The number of carboxylic acids is 1. The van der Waals surface area contributed by atoms with E-state index in [-0.39, 0.29) is 26.9 Å². The highest BCUT2D eigenvalue weighted by Gasteiger charge is 2.35. The van der Waals surface area contributed by atoms with Crippen molar-refractivity contribution in [3.05, 3.63) is 42.0 Å². The number of sulfone groups is 1. The van der Waals surface area contributed by atoms with Crippen LogP contribution in [-0.2, 0) is 9.84 Å².